The number of guanidine groups is 1. The van der Waals surface area contributed by atoms with Gasteiger partial charge in [0.2, 0.25) is 53.2 Å². The maximum Gasteiger partial charge on any atom is 0.327 e. The molecule has 16 N–H and O–H groups in total. The Morgan fingerprint density at radius 3 is 1.71 bits per heavy atom. The van der Waals surface area contributed by atoms with E-state index in [2.05, 4.69) is 62.2 Å². The van der Waals surface area contributed by atoms with Crippen LogP contribution in [0.4, 0.5) is 0 Å². The Morgan fingerprint density at radius 1 is 0.677 bits per heavy atom. The van der Waals surface area contributed by atoms with E-state index in [-0.39, 0.29) is 75.6 Å². The molecule has 0 unspecified atom stereocenters. The van der Waals surface area contributed by atoms with Crippen LogP contribution in [-0.2, 0) is 47.9 Å². The monoisotopic (exact) mass is 959 g/mol. The summed E-state index contributed by atoms with van der Waals surface area (Å²) in [6.07, 6.45) is 0.578. The molecule has 0 aromatic carbocycles. The number of amides is 9. The summed E-state index contributed by atoms with van der Waals surface area (Å²) in [5.74, 6) is -9.22. The molecular formula is C38H65N13O12S2. The lowest BCUT2D eigenvalue weighted by Gasteiger charge is -2.32. The predicted octanol–water partition coefficient (Wildman–Crippen LogP) is -5.86. The van der Waals surface area contributed by atoms with Gasteiger partial charge in [0.15, 0.2) is 5.96 Å². The fraction of sp³-hybridized carbons (Fsp3) is 0.711. The van der Waals surface area contributed by atoms with Gasteiger partial charge in [-0.1, -0.05) is 13.8 Å². The van der Waals surface area contributed by atoms with E-state index in [0.29, 0.717) is 12.8 Å². The van der Waals surface area contributed by atoms with Crippen LogP contribution in [0.1, 0.15) is 72.1 Å². The second-order valence-electron chi connectivity index (χ2n) is 16.0. The van der Waals surface area contributed by atoms with Crippen molar-refractivity contribution >= 4 is 90.4 Å². The number of hydrogen-bond acceptors (Lipinski definition) is 15. The molecule has 2 aliphatic heterocycles. The zero-order chi connectivity index (χ0) is 49.1. The molecule has 2 heterocycles. The van der Waals surface area contributed by atoms with Crippen molar-refractivity contribution in [2.24, 2.45) is 33.8 Å². The molecule has 0 saturated carbocycles. The number of likely N-dealkylation sites (tertiary alicyclic amines) is 2. The van der Waals surface area contributed by atoms with Crippen LogP contribution in [0.25, 0.3) is 0 Å². The number of carbonyl (C=O) groups excluding carboxylic acids is 9. The van der Waals surface area contributed by atoms with Crippen molar-refractivity contribution in [2.45, 2.75) is 127 Å². The van der Waals surface area contributed by atoms with Gasteiger partial charge >= 0.3 is 5.97 Å². The number of nitrogens with one attached hydrogen (secondary N) is 6. The van der Waals surface area contributed by atoms with Gasteiger partial charge in [0, 0.05) is 37.6 Å². The lowest BCUT2D eigenvalue weighted by atomic mass is 10.0. The van der Waals surface area contributed by atoms with Crippen molar-refractivity contribution in [2.75, 3.05) is 37.7 Å². The number of carbonyl (C=O) groups is 10. The predicted molar refractivity (Wildman–Crippen MR) is 240 cm³/mol. The molecule has 366 valence electrons. The number of nitrogens with zero attached hydrogens (tertiary/aromatic N) is 3. The number of thiol groups is 2. The molecule has 65 heavy (non-hydrogen) atoms. The SMILES string of the molecule is CC(C)[C@H](NC(=O)[C@H](C)NC(=O)[C@@H]1CCCN1C(=O)[C@H](CCC(N)=O)NC(=O)[C@@H]1CCCN1C(=O)[C@H](CO)NC(=O)[C@H](CCCN=C(N)N)NC(=O)[C@@H](N)CS)C(=O)N[C@@H](CS)C(=O)O. The van der Waals surface area contributed by atoms with Gasteiger partial charge in [-0.25, -0.2) is 4.79 Å². The average molecular weight is 960 g/mol. The topological polar surface area (TPSA) is 406 Å². The van der Waals surface area contributed by atoms with Crippen molar-refractivity contribution in [1.82, 2.24) is 41.7 Å². The summed E-state index contributed by atoms with van der Waals surface area (Å²) in [5.41, 5.74) is 21.9. The number of carboxylic acids is 1. The van der Waals surface area contributed by atoms with Crippen LogP contribution < -0.4 is 54.8 Å². The Balaban J connectivity index is 2.21. The highest BCUT2D eigenvalue weighted by Crippen LogP contribution is 2.22. The number of hydrogen-bond donors (Lipinski definition) is 14. The number of aliphatic hydroxyl groups excluding tert-OH is 1. The van der Waals surface area contributed by atoms with Crippen LogP contribution in [0.3, 0.4) is 0 Å². The molecule has 27 heteroatoms. The smallest absolute Gasteiger partial charge is 0.327 e. The van der Waals surface area contributed by atoms with Gasteiger partial charge < -0.3 is 74.8 Å². The number of carboxylic acid groups (broad SMARTS) is 1. The minimum absolute atomic E-state index is 0.0112. The van der Waals surface area contributed by atoms with Crippen LogP contribution in [-0.4, -0.2) is 177 Å². The van der Waals surface area contributed by atoms with Crippen molar-refractivity contribution in [3.8, 4) is 0 Å². The Bertz CT molecular complexity index is 1770. The average Bonchev–Trinajstić information content (AvgIpc) is 3.96. The molecule has 0 aromatic rings. The Hall–Kier alpha value is -5.41. The van der Waals surface area contributed by atoms with Crippen LogP contribution in [0.2, 0.25) is 0 Å². The van der Waals surface area contributed by atoms with Crippen molar-refractivity contribution in [1.29, 1.82) is 0 Å². The van der Waals surface area contributed by atoms with Gasteiger partial charge in [0.05, 0.1) is 12.6 Å². The van der Waals surface area contributed by atoms with Crippen LogP contribution in [0, 0.1) is 5.92 Å². The van der Waals surface area contributed by atoms with E-state index in [1.165, 1.54) is 11.8 Å². The van der Waals surface area contributed by atoms with Gasteiger partial charge in [-0.05, 0) is 57.8 Å². The first kappa shape index (κ1) is 55.7. The molecule has 2 aliphatic rings. The Kier molecular flexibility index (Phi) is 23.3. The maximum atomic E-state index is 14.1. The maximum absolute atomic E-state index is 14.1. The third kappa shape index (κ3) is 17.2. The Labute approximate surface area is 387 Å². The number of primary amides is 1. The van der Waals surface area contributed by atoms with E-state index in [9.17, 15) is 58.2 Å². The second kappa shape index (κ2) is 27.2. The highest BCUT2D eigenvalue weighted by molar-refractivity contribution is 7.80. The Morgan fingerprint density at radius 2 is 1.22 bits per heavy atom. The fourth-order valence-corrected chi connectivity index (χ4v) is 7.46. The number of nitrogens with two attached hydrogens (primary N) is 4. The highest BCUT2D eigenvalue weighted by Gasteiger charge is 2.42. The summed E-state index contributed by atoms with van der Waals surface area (Å²) in [6, 6.07) is -11.3. The molecule has 0 aromatic heterocycles. The lowest BCUT2D eigenvalue weighted by molar-refractivity contribution is -0.145. The number of aliphatic imine (C=N–C) groups is 1. The molecule has 9 amide bonds. The number of aliphatic hydroxyl groups is 1. The molecule has 2 saturated heterocycles. The van der Waals surface area contributed by atoms with Crippen molar-refractivity contribution in [3.05, 3.63) is 0 Å². The molecule has 2 fully saturated rings. The minimum atomic E-state index is -1.57. The summed E-state index contributed by atoms with van der Waals surface area (Å²) >= 11 is 7.94. The second-order valence-corrected chi connectivity index (χ2v) is 16.8. The summed E-state index contributed by atoms with van der Waals surface area (Å²) in [6.45, 7) is 3.91. The molecular weight excluding hydrogens is 895 g/mol. The van der Waals surface area contributed by atoms with E-state index in [1.807, 2.05) is 0 Å². The van der Waals surface area contributed by atoms with Crippen LogP contribution in [0.15, 0.2) is 4.99 Å². The van der Waals surface area contributed by atoms with E-state index < -0.39 is 126 Å². The van der Waals surface area contributed by atoms with Gasteiger partial charge in [-0.15, -0.1) is 0 Å². The zero-order valence-electron chi connectivity index (χ0n) is 36.7. The summed E-state index contributed by atoms with van der Waals surface area (Å²) in [4.78, 5) is 137. The molecule has 25 nitrogen and oxygen atoms in total. The molecule has 0 spiro atoms. The van der Waals surface area contributed by atoms with E-state index in [0.717, 1.165) is 4.90 Å². The van der Waals surface area contributed by atoms with Gasteiger partial charge in [0.25, 0.3) is 0 Å². The third-order valence-electron chi connectivity index (χ3n) is 10.7. The molecule has 0 aliphatic carbocycles. The molecule has 2 rings (SSSR count). The van der Waals surface area contributed by atoms with E-state index in [1.54, 1.807) is 13.8 Å². The molecule has 0 bridgehead atoms. The van der Waals surface area contributed by atoms with Gasteiger partial charge in [-0.3, -0.25) is 48.1 Å². The highest BCUT2D eigenvalue weighted by atomic mass is 32.1. The summed E-state index contributed by atoms with van der Waals surface area (Å²) in [7, 11) is 0. The number of rotatable bonds is 26. The number of aliphatic carboxylic acids is 1. The quantitative estimate of drug-likeness (QED) is 0.0166. The first-order chi connectivity index (χ1) is 30.6. The largest absolute Gasteiger partial charge is 0.480 e. The standard InChI is InChI=1S/C38H65N13O12S2/c1-18(2)28(34(59)48-24(17-65)37(62)63)49-29(54)19(3)44-32(57)25-8-5-13-50(25)35(60)22(10-11-27(40)53)46-33(58)26-9-6-14-51(26)36(61)23(15-52)47-31(56)21(7-4-12-43-38(41)42)45-30(55)20(39)16-64/h18-26,28,52,64-65H,4-17,39H2,1-3H3,(H2,40,53)(H,44,57)(H,45,55)(H,46,58)(H,47,56)(H,48,59)(H,49,54)(H,62,63)(H4,41,42,43)/t19-,20-,21-,22-,23-,24-,25-,26-,28-/m0/s1. The summed E-state index contributed by atoms with van der Waals surface area (Å²) in [5, 5.41) is 34.4. The first-order valence-corrected chi connectivity index (χ1v) is 22.4. The summed E-state index contributed by atoms with van der Waals surface area (Å²) < 4.78 is 0. The van der Waals surface area contributed by atoms with Crippen LogP contribution in [0.5, 0.6) is 0 Å². The zero-order valence-corrected chi connectivity index (χ0v) is 38.5. The van der Waals surface area contributed by atoms with E-state index >= 15 is 0 Å². The van der Waals surface area contributed by atoms with Crippen molar-refractivity contribution in [3.63, 3.8) is 0 Å². The third-order valence-corrected chi connectivity index (χ3v) is 11.4. The minimum Gasteiger partial charge on any atom is -0.480 e. The normalized spacial score (nSPS) is 19.0. The van der Waals surface area contributed by atoms with E-state index in [4.69, 9.17) is 22.9 Å². The fourth-order valence-electron chi connectivity index (χ4n) is 7.05. The molecule has 9 atom stereocenters. The van der Waals surface area contributed by atoms with Gasteiger partial charge in [0.1, 0.15) is 48.3 Å². The molecule has 0 radical (unpaired) electrons. The van der Waals surface area contributed by atoms with Crippen LogP contribution >= 0.6 is 25.3 Å². The lowest BCUT2D eigenvalue weighted by Crippen LogP contribution is -2.60. The first-order valence-electron chi connectivity index (χ1n) is 21.2. The van der Waals surface area contributed by atoms with Crippen molar-refractivity contribution < 1.29 is 58.2 Å². The van der Waals surface area contributed by atoms with Gasteiger partial charge in [-0.2, -0.15) is 25.3 Å².